The third kappa shape index (κ3) is 2.43. The first kappa shape index (κ1) is 9.45. The van der Waals surface area contributed by atoms with Crippen LogP contribution in [-0.4, -0.2) is 20.6 Å². The molecule has 0 saturated heterocycles. The standard InChI is InChI=1S/C9H10N4O2/c1-7-4-8(12-15-7)11-9(14)5-13-3-2-10-6-13/h2-4,6H,5H2,1H3,(H,11,12,14). The van der Waals surface area contributed by atoms with Crippen molar-refractivity contribution in [1.82, 2.24) is 14.7 Å². The summed E-state index contributed by atoms with van der Waals surface area (Å²) in [6.07, 6.45) is 4.91. The molecule has 0 radical (unpaired) electrons. The maximum absolute atomic E-state index is 11.4. The topological polar surface area (TPSA) is 73.0 Å². The average Bonchev–Trinajstić information content (AvgIpc) is 2.77. The lowest BCUT2D eigenvalue weighted by Crippen LogP contribution is -2.17. The van der Waals surface area contributed by atoms with Gasteiger partial charge >= 0.3 is 0 Å². The predicted molar refractivity (Wildman–Crippen MR) is 52.1 cm³/mol. The van der Waals surface area contributed by atoms with Gasteiger partial charge in [-0.15, -0.1) is 0 Å². The SMILES string of the molecule is Cc1cc(NC(=O)Cn2ccnc2)no1. The van der Waals surface area contributed by atoms with Gasteiger partial charge in [0.05, 0.1) is 6.33 Å². The minimum atomic E-state index is -0.165. The van der Waals surface area contributed by atoms with E-state index in [2.05, 4.69) is 15.5 Å². The Hall–Kier alpha value is -2.11. The number of aryl methyl sites for hydroxylation is 1. The summed E-state index contributed by atoms with van der Waals surface area (Å²) >= 11 is 0. The molecular formula is C9H10N4O2. The zero-order valence-corrected chi connectivity index (χ0v) is 8.17. The molecule has 6 nitrogen and oxygen atoms in total. The number of carbonyl (C=O) groups is 1. The molecule has 2 aromatic rings. The van der Waals surface area contributed by atoms with Crippen molar-refractivity contribution in [2.24, 2.45) is 0 Å². The Balaban J connectivity index is 1.93. The van der Waals surface area contributed by atoms with Gasteiger partial charge in [-0.1, -0.05) is 5.16 Å². The van der Waals surface area contributed by atoms with E-state index in [0.29, 0.717) is 11.6 Å². The molecule has 0 bridgehead atoms. The Morgan fingerprint density at radius 1 is 1.67 bits per heavy atom. The number of hydrogen-bond donors (Lipinski definition) is 1. The summed E-state index contributed by atoms with van der Waals surface area (Å²) in [5.41, 5.74) is 0. The molecule has 0 fully saturated rings. The first-order chi connectivity index (χ1) is 7.24. The highest BCUT2D eigenvalue weighted by molar-refractivity contribution is 5.89. The second-order valence-corrected chi connectivity index (χ2v) is 3.11. The van der Waals surface area contributed by atoms with Crippen LogP contribution in [0, 0.1) is 6.92 Å². The molecule has 0 atom stereocenters. The van der Waals surface area contributed by atoms with Crippen molar-refractivity contribution in [1.29, 1.82) is 0 Å². The van der Waals surface area contributed by atoms with Crippen molar-refractivity contribution in [2.45, 2.75) is 13.5 Å². The zero-order chi connectivity index (χ0) is 10.7. The molecule has 2 heterocycles. The van der Waals surface area contributed by atoms with Gasteiger partial charge in [-0.3, -0.25) is 4.79 Å². The van der Waals surface area contributed by atoms with E-state index < -0.39 is 0 Å². The molecule has 1 amide bonds. The van der Waals surface area contributed by atoms with Gasteiger partial charge in [0.2, 0.25) is 5.91 Å². The Labute approximate surface area is 85.9 Å². The largest absolute Gasteiger partial charge is 0.360 e. The number of nitrogens with one attached hydrogen (secondary N) is 1. The molecule has 2 rings (SSSR count). The smallest absolute Gasteiger partial charge is 0.245 e. The van der Waals surface area contributed by atoms with Crippen LogP contribution in [-0.2, 0) is 11.3 Å². The van der Waals surface area contributed by atoms with E-state index in [9.17, 15) is 4.79 Å². The van der Waals surface area contributed by atoms with Crippen LogP contribution in [0.5, 0.6) is 0 Å². The summed E-state index contributed by atoms with van der Waals surface area (Å²) < 4.78 is 6.49. The van der Waals surface area contributed by atoms with Gasteiger partial charge in [0, 0.05) is 18.5 Å². The van der Waals surface area contributed by atoms with Gasteiger partial charge in [0.1, 0.15) is 12.3 Å². The quantitative estimate of drug-likeness (QED) is 0.806. The first-order valence-corrected chi connectivity index (χ1v) is 4.43. The molecule has 0 aliphatic rings. The molecule has 1 N–H and O–H groups in total. The van der Waals surface area contributed by atoms with E-state index in [1.54, 1.807) is 36.3 Å². The summed E-state index contributed by atoms with van der Waals surface area (Å²) in [6.45, 7) is 1.98. The van der Waals surface area contributed by atoms with Crippen molar-refractivity contribution in [3.05, 3.63) is 30.5 Å². The lowest BCUT2D eigenvalue weighted by atomic mass is 10.4. The van der Waals surface area contributed by atoms with Gasteiger partial charge in [0.25, 0.3) is 0 Å². The van der Waals surface area contributed by atoms with E-state index >= 15 is 0 Å². The Morgan fingerprint density at radius 3 is 3.13 bits per heavy atom. The molecule has 0 aliphatic carbocycles. The van der Waals surface area contributed by atoms with Crippen LogP contribution < -0.4 is 5.32 Å². The van der Waals surface area contributed by atoms with Crippen LogP contribution in [0.3, 0.4) is 0 Å². The van der Waals surface area contributed by atoms with Crippen LogP contribution in [0.25, 0.3) is 0 Å². The molecule has 6 heteroatoms. The van der Waals surface area contributed by atoms with Crippen LogP contribution in [0.4, 0.5) is 5.82 Å². The third-order valence-electron chi connectivity index (χ3n) is 1.78. The second-order valence-electron chi connectivity index (χ2n) is 3.11. The van der Waals surface area contributed by atoms with Gasteiger partial charge < -0.3 is 14.4 Å². The molecule has 15 heavy (non-hydrogen) atoms. The maximum atomic E-state index is 11.4. The Bertz CT molecular complexity index is 446. The molecular weight excluding hydrogens is 196 g/mol. The van der Waals surface area contributed by atoms with Crippen molar-refractivity contribution < 1.29 is 9.32 Å². The number of hydrogen-bond acceptors (Lipinski definition) is 4. The second kappa shape index (κ2) is 3.95. The Morgan fingerprint density at radius 2 is 2.53 bits per heavy atom. The summed E-state index contributed by atoms with van der Waals surface area (Å²) in [5.74, 6) is 0.923. The van der Waals surface area contributed by atoms with Gasteiger partial charge in [-0.25, -0.2) is 4.98 Å². The van der Waals surface area contributed by atoms with Crippen LogP contribution in [0.15, 0.2) is 29.3 Å². The number of anilines is 1. The number of rotatable bonds is 3. The number of aromatic nitrogens is 3. The highest BCUT2D eigenvalue weighted by atomic mass is 16.5. The van der Waals surface area contributed by atoms with Crippen molar-refractivity contribution in [3.8, 4) is 0 Å². The maximum Gasteiger partial charge on any atom is 0.245 e. The van der Waals surface area contributed by atoms with E-state index in [0.717, 1.165) is 0 Å². The van der Waals surface area contributed by atoms with E-state index in [1.807, 2.05) is 0 Å². The molecule has 2 aromatic heterocycles. The fraction of sp³-hybridized carbons (Fsp3) is 0.222. The van der Waals surface area contributed by atoms with Crippen LogP contribution >= 0.6 is 0 Å². The molecule has 0 aliphatic heterocycles. The fourth-order valence-electron chi connectivity index (χ4n) is 1.15. The normalized spacial score (nSPS) is 10.2. The summed E-state index contributed by atoms with van der Waals surface area (Å²) in [5, 5.41) is 6.26. The van der Waals surface area contributed by atoms with Gasteiger partial charge in [-0.05, 0) is 6.92 Å². The lowest BCUT2D eigenvalue weighted by Gasteiger charge is -2.01. The third-order valence-corrected chi connectivity index (χ3v) is 1.78. The van der Waals surface area contributed by atoms with Crippen LogP contribution in [0.2, 0.25) is 0 Å². The predicted octanol–water partition coefficient (Wildman–Crippen LogP) is 0.818. The van der Waals surface area contributed by atoms with Crippen molar-refractivity contribution in [2.75, 3.05) is 5.32 Å². The molecule has 0 spiro atoms. The molecule has 0 aromatic carbocycles. The van der Waals surface area contributed by atoms with Crippen LogP contribution in [0.1, 0.15) is 5.76 Å². The van der Waals surface area contributed by atoms with Crippen molar-refractivity contribution >= 4 is 11.7 Å². The minimum Gasteiger partial charge on any atom is -0.360 e. The average molecular weight is 206 g/mol. The van der Waals surface area contributed by atoms with E-state index in [1.165, 1.54) is 0 Å². The summed E-state index contributed by atoms with van der Waals surface area (Å²) in [4.78, 5) is 15.3. The number of imidazole rings is 1. The van der Waals surface area contributed by atoms with Gasteiger partial charge in [0.15, 0.2) is 5.82 Å². The molecule has 0 saturated carbocycles. The highest BCUT2D eigenvalue weighted by Gasteiger charge is 2.06. The molecule has 0 unspecified atom stereocenters. The minimum absolute atomic E-state index is 0.165. The summed E-state index contributed by atoms with van der Waals surface area (Å²) in [6, 6.07) is 1.66. The van der Waals surface area contributed by atoms with Gasteiger partial charge in [-0.2, -0.15) is 0 Å². The number of carbonyl (C=O) groups excluding carboxylic acids is 1. The van der Waals surface area contributed by atoms with E-state index in [4.69, 9.17) is 4.52 Å². The molecule has 78 valence electrons. The Kier molecular flexibility index (Phi) is 2.49. The fourth-order valence-corrected chi connectivity index (χ4v) is 1.15. The summed E-state index contributed by atoms with van der Waals surface area (Å²) in [7, 11) is 0. The monoisotopic (exact) mass is 206 g/mol. The lowest BCUT2D eigenvalue weighted by molar-refractivity contribution is -0.116. The highest BCUT2D eigenvalue weighted by Crippen LogP contribution is 2.06. The number of nitrogens with zero attached hydrogens (tertiary/aromatic N) is 3. The first-order valence-electron chi connectivity index (χ1n) is 4.43. The number of amides is 1. The zero-order valence-electron chi connectivity index (χ0n) is 8.17. The van der Waals surface area contributed by atoms with E-state index in [-0.39, 0.29) is 12.5 Å². The van der Waals surface area contributed by atoms with Crippen molar-refractivity contribution in [3.63, 3.8) is 0 Å².